The first-order chi connectivity index (χ1) is 15.6. The Hall–Kier alpha value is -2.25. The lowest BCUT2D eigenvalue weighted by molar-refractivity contribution is -0.139. The molecule has 0 aliphatic rings. The van der Waals surface area contributed by atoms with Gasteiger partial charge in [0.1, 0.15) is 30.7 Å². The molecular formula is C16H31N5O10S3. The molecule has 0 aromatic heterocycles. The van der Waals surface area contributed by atoms with Crippen molar-refractivity contribution in [3.8, 4) is 0 Å². The van der Waals surface area contributed by atoms with Crippen LogP contribution in [-0.2, 0) is 28.8 Å². The SMILES string of the molecule is N[C@@H](CCC(=O)N[C@@H](CS)C(=O)NCC(=O)O)C(=O)O.N[C@@H](CS)C(=O)O.N[C@@H](CS)C(=O)O. The number of nitrogens with two attached hydrogens (primary N) is 3. The predicted octanol–water partition coefficient (Wildman–Crippen LogP) is -3.55. The average molecular weight is 550 g/mol. The molecule has 18 heteroatoms. The van der Waals surface area contributed by atoms with Gasteiger partial charge in [0.2, 0.25) is 11.8 Å². The summed E-state index contributed by atoms with van der Waals surface area (Å²) in [6.45, 7) is -0.567. The minimum absolute atomic E-state index is 0.0256. The molecule has 0 aliphatic carbocycles. The Labute approximate surface area is 211 Å². The number of carboxylic acids is 4. The maximum Gasteiger partial charge on any atom is 0.322 e. The van der Waals surface area contributed by atoms with Crippen molar-refractivity contribution < 1.29 is 49.2 Å². The van der Waals surface area contributed by atoms with E-state index in [-0.39, 0.29) is 30.1 Å². The summed E-state index contributed by atoms with van der Waals surface area (Å²) < 4.78 is 0. The van der Waals surface area contributed by atoms with Crippen molar-refractivity contribution in [2.24, 2.45) is 17.2 Å². The van der Waals surface area contributed by atoms with Crippen LogP contribution in [0.3, 0.4) is 0 Å². The first-order valence-electron chi connectivity index (χ1n) is 9.20. The Bertz CT molecular complexity index is 666. The topological polar surface area (TPSA) is 285 Å². The molecule has 0 rings (SSSR count). The first kappa shape index (κ1) is 36.3. The zero-order chi connectivity index (χ0) is 27.4. The molecule has 0 bridgehead atoms. The molecule has 4 atom stereocenters. The summed E-state index contributed by atoms with van der Waals surface area (Å²) in [7, 11) is 0. The monoisotopic (exact) mass is 549 g/mol. The third-order valence-electron chi connectivity index (χ3n) is 3.28. The van der Waals surface area contributed by atoms with Gasteiger partial charge >= 0.3 is 23.9 Å². The number of nitrogens with one attached hydrogen (secondary N) is 2. The van der Waals surface area contributed by atoms with Crippen LogP contribution < -0.4 is 27.8 Å². The van der Waals surface area contributed by atoms with Crippen molar-refractivity contribution >= 4 is 73.6 Å². The second kappa shape index (κ2) is 21.3. The molecule has 2 amide bonds. The number of carboxylic acid groups (broad SMARTS) is 4. The summed E-state index contributed by atoms with van der Waals surface area (Å²) in [6.07, 6.45) is -0.235. The van der Waals surface area contributed by atoms with E-state index >= 15 is 0 Å². The van der Waals surface area contributed by atoms with Gasteiger partial charge in [-0.2, -0.15) is 37.9 Å². The van der Waals surface area contributed by atoms with Gasteiger partial charge < -0.3 is 48.3 Å². The third kappa shape index (κ3) is 21.6. The molecule has 0 aromatic rings. The molecule has 0 spiro atoms. The number of rotatable bonds is 13. The van der Waals surface area contributed by atoms with Crippen LogP contribution in [0.5, 0.6) is 0 Å². The van der Waals surface area contributed by atoms with Crippen molar-refractivity contribution in [2.75, 3.05) is 23.8 Å². The molecule has 12 N–H and O–H groups in total. The zero-order valence-corrected chi connectivity index (χ0v) is 20.5. The van der Waals surface area contributed by atoms with Crippen LogP contribution in [0.1, 0.15) is 12.8 Å². The maximum atomic E-state index is 11.5. The largest absolute Gasteiger partial charge is 0.480 e. The van der Waals surface area contributed by atoms with Crippen LogP contribution in [0, 0.1) is 0 Å². The predicted molar refractivity (Wildman–Crippen MR) is 130 cm³/mol. The van der Waals surface area contributed by atoms with Crippen LogP contribution in [0.15, 0.2) is 0 Å². The summed E-state index contributed by atoms with van der Waals surface area (Å²) in [5.74, 6) is -5.33. The van der Waals surface area contributed by atoms with Gasteiger partial charge in [-0.1, -0.05) is 0 Å². The normalized spacial score (nSPS) is 13.2. The van der Waals surface area contributed by atoms with E-state index in [1.807, 2.05) is 0 Å². The van der Waals surface area contributed by atoms with Crippen molar-refractivity contribution in [1.29, 1.82) is 0 Å². The van der Waals surface area contributed by atoms with E-state index in [2.05, 4.69) is 48.5 Å². The molecule has 15 nitrogen and oxygen atoms in total. The molecule has 0 fully saturated rings. The summed E-state index contributed by atoms with van der Waals surface area (Å²) in [5.41, 5.74) is 15.1. The first-order valence-corrected chi connectivity index (χ1v) is 11.1. The van der Waals surface area contributed by atoms with Gasteiger partial charge in [0.25, 0.3) is 0 Å². The van der Waals surface area contributed by atoms with Crippen LogP contribution in [-0.4, -0.2) is 104 Å². The molecule has 0 heterocycles. The molecule has 0 unspecified atom stereocenters. The lowest BCUT2D eigenvalue weighted by Crippen LogP contribution is -2.49. The lowest BCUT2D eigenvalue weighted by atomic mass is 10.1. The van der Waals surface area contributed by atoms with E-state index in [4.69, 9.17) is 37.6 Å². The molecule has 0 aromatic carbocycles. The zero-order valence-electron chi connectivity index (χ0n) is 17.9. The van der Waals surface area contributed by atoms with Crippen molar-refractivity contribution in [3.05, 3.63) is 0 Å². The van der Waals surface area contributed by atoms with Gasteiger partial charge in [0, 0.05) is 23.7 Å². The molecule has 34 heavy (non-hydrogen) atoms. The number of carbonyl (C=O) groups excluding carboxylic acids is 2. The third-order valence-corrected chi connectivity index (χ3v) is 4.43. The van der Waals surface area contributed by atoms with E-state index in [9.17, 15) is 28.8 Å². The summed E-state index contributed by atoms with van der Waals surface area (Å²) in [6, 6.07) is -3.78. The van der Waals surface area contributed by atoms with Crippen molar-refractivity contribution in [3.63, 3.8) is 0 Å². The fourth-order valence-corrected chi connectivity index (χ4v) is 1.88. The van der Waals surface area contributed by atoms with Crippen LogP contribution in [0.4, 0.5) is 0 Å². The lowest BCUT2D eigenvalue weighted by Gasteiger charge is -2.16. The Morgan fingerprint density at radius 2 is 1.12 bits per heavy atom. The van der Waals surface area contributed by atoms with Crippen LogP contribution in [0.2, 0.25) is 0 Å². The number of thiol groups is 3. The highest BCUT2D eigenvalue weighted by Gasteiger charge is 2.21. The molecule has 0 saturated heterocycles. The Kier molecular flexibility index (Phi) is 22.7. The van der Waals surface area contributed by atoms with Gasteiger partial charge in [-0.05, 0) is 6.42 Å². The van der Waals surface area contributed by atoms with Crippen LogP contribution in [0.25, 0.3) is 0 Å². The molecule has 0 saturated carbocycles. The highest BCUT2D eigenvalue weighted by Crippen LogP contribution is 1.97. The number of amides is 2. The van der Waals surface area contributed by atoms with Crippen LogP contribution >= 0.6 is 37.9 Å². The van der Waals surface area contributed by atoms with Crippen molar-refractivity contribution in [2.45, 2.75) is 37.0 Å². The minimum atomic E-state index is -1.22. The Balaban J connectivity index is -0.000000558. The number of carbonyl (C=O) groups is 6. The molecule has 0 aliphatic heterocycles. The highest BCUT2D eigenvalue weighted by atomic mass is 32.1. The molecular weight excluding hydrogens is 518 g/mol. The van der Waals surface area contributed by atoms with Gasteiger partial charge in [0.05, 0.1) is 0 Å². The summed E-state index contributed by atoms with van der Waals surface area (Å²) in [5, 5.41) is 37.4. The van der Waals surface area contributed by atoms with Gasteiger partial charge in [-0.3, -0.25) is 28.8 Å². The fourth-order valence-electron chi connectivity index (χ4n) is 1.31. The molecule has 198 valence electrons. The second-order valence-corrected chi connectivity index (χ2v) is 7.25. The van der Waals surface area contributed by atoms with E-state index in [1.165, 1.54) is 0 Å². The van der Waals surface area contributed by atoms with E-state index in [1.54, 1.807) is 0 Å². The quantitative estimate of drug-likeness (QED) is 0.0992. The second-order valence-electron chi connectivity index (χ2n) is 6.15. The Morgan fingerprint density at radius 1 is 0.706 bits per heavy atom. The Morgan fingerprint density at radius 3 is 1.38 bits per heavy atom. The average Bonchev–Trinajstić information content (AvgIpc) is 2.78. The number of hydrogen-bond acceptors (Lipinski definition) is 12. The van der Waals surface area contributed by atoms with Gasteiger partial charge in [0.15, 0.2) is 0 Å². The minimum Gasteiger partial charge on any atom is -0.480 e. The number of hydrogen-bond donors (Lipinski definition) is 12. The van der Waals surface area contributed by atoms with E-state index in [0.717, 1.165) is 0 Å². The van der Waals surface area contributed by atoms with Gasteiger partial charge in [-0.15, -0.1) is 0 Å². The number of aliphatic carboxylic acids is 4. The highest BCUT2D eigenvalue weighted by molar-refractivity contribution is 7.80. The smallest absolute Gasteiger partial charge is 0.322 e. The summed E-state index contributed by atoms with van der Waals surface area (Å²) in [4.78, 5) is 63.3. The fraction of sp³-hybridized carbons (Fsp3) is 0.625. The summed E-state index contributed by atoms with van der Waals surface area (Å²) >= 11 is 11.2. The van der Waals surface area contributed by atoms with Crippen molar-refractivity contribution in [1.82, 2.24) is 10.6 Å². The standard InChI is InChI=1S/C10H17N3O6S.2C3H7NO2S/c11-5(10(18)19)1-2-7(14)13-6(4-20)9(17)12-3-8(15)16;2*4-2(1-7)3(5)6/h5-6,20H,1-4,11H2,(H,12,17)(H,13,14)(H,15,16)(H,18,19);2*2,7H,1,4H2,(H,5,6)/t5-,6-;2*2-/m000/s1. The van der Waals surface area contributed by atoms with Gasteiger partial charge in [-0.25, -0.2) is 0 Å². The molecule has 0 radical (unpaired) electrons. The van der Waals surface area contributed by atoms with E-state index < -0.39 is 66.4 Å². The van der Waals surface area contributed by atoms with E-state index in [0.29, 0.717) is 0 Å². The maximum absolute atomic E-state index is 11.5.